The predicted octanol–water partition coefficient (Wildman–Crippen LogP) is 1.52. The summed E-state index contributed by atoms with van der Waals surface area (Å²) in [7, 11) is 1.24. The number of carbonyl (C=O) groups is 2. The first-order valence-corrected chi connectivity index (χ1v) is 4.94. The fourth-order valence-electron chi connectivity index (χ4n) is 1.13. The number of amides is 2. The molecule has 0 heterocycles. The van der Waals surface area contributed by atoms with Gasteiger partial charge in [0.15, 0.2) is 0 Å². The maximum atomic E-state index is 10.9. The molecule has 0 radical (unpaired) electrons. The number of carbonyl (C=O) groups excluding carboxylic acids is 1. The second-order valence-electron chi connectivity index (χ2n) is 3.13. The molecule has 0 rings (SSSR count). The molecule has 1 unspecified atom stereocenters. The number of carboxylic acid groups (broad SMARTS) is 1. The summed E-state index contributed by atoms with van der Waals surface area (Å²) in [5, 5.41) is 13.1. The highest BCUT2D eigenvalue weighted by molar-refractivity contribution is 5.69. The number of rotatable bonds is 6. The summed E-state index contributed by atoms with van der Waals surface area (Å²) < 4.78 is 4.39. The normalized spacial score (nSPS) is 11.6. The van der Waals surface area contributed by atoms with Crippen LogP contribution in [0.25, 0.3) is 0 Å². The van der Waals surface area contributed by atoms with Gasteiger partial charge >= 0.3 is 12.2 Å². The highest BCUT2D eigenvalue weighted by atomic mass is 16.5. The van der Waals surface area contributed by atoms with Gasteiger partial charge in [0.25, 0.3) is 0 Å². The van der Waals surface area contributed by atoms with Gasteiger partial charge in [-0.1, -0.05) is 19.8 Å². The molecule has 0 aromatic rings. The fraction of sp³-hybridized carbons (Fsp3) is 0.778. The number of nitrogens with one attached hydrogen (secondary N) is 2. The van der Waals surface area contributed by atoms with E-state index in [0.29, 0.717) is 6.42 Å². The average Bonchev–Trinajstić information content (AvgIpc) is 2.17. The molecular weight excluding hydrogens is 200 g/mol. The Morgan fingerprint density at radius 3 is 2.47 bits per heavy atom. The molecule has 88 valence electrons. The van der Waals surface area contributed by atoms with E-state index in [2.05, 4.69) is 15.4 Å². The van der Waals surface area contributed by atoms with Crippen LogP contribution in [0.5, 0.6) is 0 Å². The van der Waals surface area contributed by atoms with Crippen LogP contribution in [0.2, 0.25) is 0 Å². The van der Waals surface area contributed by atoms with Crippen LogP contribution in [0.4, 0.5) is 9.59 Å². The second kappa shape index (κ2) is 7.90. The smallest absolute Gasteiger partial charge is 0.408 e. The van der Waals surface area contributed by atoms with Crippen LogP contribution in [0.3, 0.4) is 0 Å². The number of methoxy groups -OCH3 is 1. The summed E-state index contributed by atoms with van der Waals surface area (Å²) >= 11 is 0. The van der Waals surface area contributed by atoms with Crippen molar-refractivity contribution in [3.63, 3.8) is 0 Å². The lowest BCUT2D eigenvalue weighted by Crippen LogP contribution is -2.47. The van der Waals surface area contributed by atoms with E-state index in [0.717, 1.165) is 19.3 Å². The molecule has 0 saturated heterocycles. The summed E-state index contributed by atoms with van der Waals surface area (Å²) in [4.78, 5) is 21.3. The maximum absolute atomic E-state index is 10.9. The highest BCUT2D eigenvalue weighted by Gasteiger charge is 2.13. The highest BCUT2D eigenvalue weighted by Crippen LogP contribution is 2.01. The second-order valence-corrected chi connectivity index (χ2v) is 3.13. The summed E-state index contributed by atoms with van der Waals surface area (Å²) in [5.74, 6) is 0. The average molecular weight is 218 g/mol. The van der Waals surface area contributed by atoms with Crippen LogP contribution in [0.1, 0.15) is 32.6 Å². The summed E-state index contributed by atoms with van der Waals surface area (Å²) in [6.45, 7) is 2.05. The van der Waals surface area contributed by atoms with E-state index in [1.165, 1.54) is 7.11 Å². The third-order valence-corrected chi connectivity index (χ3v) is 1.87. The third-order valence-electron chi connectivity index (χ3n) is 1.87. The van der Waals surface area contributed by atoms with Crippen LogP contribution in [-0.4, -0.2) is 30.6 Å². The van der Waals surface area contributed by atoms with Crippen molar-refractivity contribution in [3.05, 3.63) is 0 Å². The lowest BCUT2D eigenvalue weighted by atomic mass is 10.2. The molecule has 15 heavy (non-hydrogen) atoms. The van der Waals surface area contributed by atoms with Gasteiger partial charge in [0.2, 0.25) is 0 Å². The number of ether oxygens (including phenoxy) is 1. The first kappa shape index (κ1) is 13.5. The van der Waals surface area contributed by atoms with Gasteiger partial charge in [-0.15, -0.1) is 0 Å². The largest absolute Gasteiger partial charge is 0.465 e. The summed E-state index contributed by atoms with van der Waals surface area (Å²) in [6, 6.07) is 0. The van der Waals surface area contributed by atoms with Crippen LogP contribution >= 0.6 is 0 Å². The zero-order chi connectivity index (χ0) is 11.7. The molecule has 1 atom stereocenters. The van der Waals surface area contributed by atoms with Crippen molar-refractivity contribution in [2.24, 2.45) is 0 Å². The molecule has 2 amide bonds. The van der Waals surface area contributed by atoms with Crippen molar-refractivity contribution in [2.75, 3.05) is 7.11 Å². The third kappa shape index (κ3) is 7.60. The van der Waals surface area contributed by atoms with Crippen LogP contribution in [0.15, 0.2) is 0 Å². The molecule has 0 aromatic carbocycles. The number of unbranched alkanes of at least 4 members (excludes halogenated alkanes) is 2. The van der Waals surface area contributed by atoms with Gasteiger partial charge in [0.05, 0.1) is 7.11 Å². The Morgan fingerprint density at radius 1 is 1.33 bits per heavy atom. The first-order valence-electron chi connectivity index (χ1n) is 4.94. The van der Waals surface area contributed by atoms with Crippen molar-refractivity contribution in [1.29, 1.82) is 0 Å². The maximum Gasteiger partial charge on any atom is 0.408 e. The van der Waals surface area contributed by atoms with Crippen molar-refractivity contribution < 1.29 is 19.4 Å². The fourth-order valence-corrected chi connectivity index (χ4v) is 1.13. The van der Waals surface area contributed by atoms with E-state index < -0.39 is 18.4 Å². The van der Waals surface area contributed by atoms with E-state index in [-0.39, 0.29) is 0 Å². The molecule has 3 N–H and O–H groups in total. The molecule has 6 nitrogen and oxygen atoms in total. The van der Waals surface area contributed by atoms with Gasteiger partial charge < -0.3 is 20.5 Å². The first-order chi connectivity index (χ1) is 7.10. The molecule has 0 spiro atoms. The number of hydrogen-bond donors (Lipinski definition) is 3. The van der Waals surface area contributed by atoms with Crippen molar-refractivity contribution in [3.8, 4) is 0 Å². The topological polar surface area (TPSA) is 87.7 Å². The Balaban J connectivity index is 3.94. The van der Waals surface area contributed by atoms with Crippen LogP contribution in [0, 0.1) is 0 Å². The Labute approximate surface area is 89.0 Å². The minimum atomic E-state index is -1.16. The van der Waals surface area contributed by atoms with E-state index in [4.69, 9.17) is 5.11 Å². The molecular formula is C9H18N2O4. The van der Waals surface area contributed by atoms with E-state index >= 15 is 0 Å². The van der Waals surface area contributed by atoms with E-state index in [1.54, 1.807) is 0 Å². The lowest BCUT2D eigenvalue weighted by Gasteiger charge is -2.17. The van der Waals surface area contributed by atoms with E-state index in [9.17, 15) is 9.59 Å². The van der Waals surface area contributed by atoms with Gasteiger partial charge in [0, 0.05) is 0 Å². The minimum absolute atomic E-state index is 0.565. The zero-order valence-corrected chi connectivity index (χ0v) is 9.08. The zero-order valence-electron chi connectivity index (χ0n) is 9.08. The number of alkyl carbamates (subject to hydrolysis) is 1. The summed E-state index contributed by atoms with van der Waals surface area (Å²) in [5.41, 5.74) is 0. The Hall–Kier alpha value is -1.46. The predicted molar refractivity (Wildman–Crippen MR) is 54.6 cm³/mol. The summed E-state index contributed by atoms with van der Waals surface area (Å²) in [6.07, 6.45) is 1.08. The molecule has 0 aromatic heterocycles. The SMILES string of the molecule is CCCCCC(NC(=O)O)NC(=O)OC. The molecule has 0 aliphatic carbocycles. The minimum Gasteiger partial charge on any atom is -0.465 e. The molecule has 0 fully saturated rings. The Morgan fingerprint density at radius 2 is 2.00 bits per heavy atom. The molecule has 0 aliphatic rings. The van der Waals surface area contributed by atoms with Crippen molar-refractivity contribution >= 4 is 12.2 Å². The molecule has 0 aliphatic heterocycles. The standard InChI is InChI=1S/C9H18N2O4/c1-3-4-5-6-7(10-8(12)13)11-9(14)15-2/h7,10H,3-6H2,1-2H3,(H,11,14)(H,12,13). The quantitative estimate of drug-likeness (QED) is 0.466. The van der Waals surface area contributed by atoms with Crippen LogP contribution in [-0.2, 0) is 4.74 Å². The molecule has 0 bridgehead atoms. The van der Waals surface area contributed by atoms with Gasteiger partial charge in [0.1, 0.15) is 6.17 Å². The van der Waals surface area contributed by atoms with Crippen molar-refractivity contribution in [2.45, 2.75) is 38.8 Å². The van der Waals surface area contributed by atoms with Gasteiger partial charge in [-0.2, -0.15) is 0 Å². The van der Waals surface area contributed by atoms with Crippen molar-refractivity contribution in [1.82, 2.24) is 10.6 Å². The molecule has 0 saturated carbocycles. The van der Waals surface area contributed by atoms with Crippen LogP contribution < -0.4 is 10.6 Å². The van der Waals surface area contributed by atoms with Gasteiger partial charge in [-0.3, -0.25) is 0 Å². The van der Waals surface area contributed by atoms with E-state index in [1.807, 2.05) is 6.92 Å². The monoisotopic (exact) mass is 218 g/mol. The van der Waals surface area contributed by atoms with Gasteiger partial charge in [-0.05, 0) is 12.8 Å². The Bertz CT molecular complexity index is 208. The van der Waals surface area contributed by atoms with Gasteiger partial charge in [-0.25, -0.2) is 9.59 Å². The lowest BCUT2D eigenvalue weighted by molar-refractivity contribution is 0.158. The Kier molecular flexibility index (Phi) is 7.13. The molecule has 6 heteroatoms. The number of hydrogen-bond acceptors (Lipinski definition) is 3.